The zero-order valence-corrected chi connectivity index (χ0v) is 14.6. The van der Waals surface area contributed by atoms with E-state index in [1.54, 1.807) is 33.8 Å². The molecule has 6 nitrogen and oxygen atoms in total. The summed E-state index contributed by atoms with van der Waals surface area (Å²) in [4.78, 5) is 26.9. The smallest absolute Gasteiger partial charge is 0.355 e. The molecule has 0 aliphatic heterocycles. The molecule has 1 amide bonds. The van der Waals surface area contributed by atoms with Gasteiger partial charge in [-0.05, 0) is 51.0 Å². The molecule has 0 bridgehead atoms. The number of carbonyl (C=O) groups is 2. The molecule has 0 aliphatic carbocycles. The van der Waals surface area contributed by atoms with Crippen LogP contribution >= 0.6 is 0 Å². The summed E-state index contributed by atoms with van der Waals surface area (Å²) in [6.07, 6.45) is -0.725. The van der Waals surface area contributed by atoms with E-state index in [4.69, 9.17) is 4.74 Å². The lowest BCUT2D eigenvalue weighted by atomic mass is 10.1. The number of carbonyl (C=O) groups excluding carboxylic acids is 2. The highest BCUT2D eigenvalue weighted by atomic mass is 19.1. The van der Waals surface area contributed by atoms with Gasteiger partial charge in [0.15, 0.2) is 6.61 Å². The molecule has 0 saturated heterocycles. The third kappa shape index (κ3) is 4.24. The fourth-order valence-corrected chi connectivity index (χ4v) is 2.71. The van der Waals surface area contributed by atoms with Crippen LogP contribution < -0.4 is 5.32 Å². The number of anilines is 1. The number of nitrogens with one attached hydrogen (secondary N) is 2. The van der Waals surface area contributed by atoms with Crippen molar-refractivity contribution in [3.8, 4) is 0 Å². The number of hydrogen-bond acceptors (Lipinski definition) is 4. The van der Waals surface area contributed by atoms with E-state index >= 15 is 0 Å². The quantitative estimate of drug-likeness (QED) is 0.725. The molecule has 0 spiro atoms. The van der Waals surface area contributed by atoms with Crippen LogP contribution in [0.25, 0.3) is 0 Å². The molecular weight excluding hydrogens is 327 g/mol. The minimum Gasteiger partial charge on any atom is -0.451 e. The number of aryl methyl sites for hydroxylation is 2. The predicted octanol–water partition coefficient (Wildman–Crippen LogP) is 2.93. The zero-order chi connectivity index (χ0) is 18.7. The van der Waals surface area contributed by atoms with Gasteiger partial charge in [-0.25, -0.2) is 9.18 Å². The Morgan fingerprint density at radius 3 is 2.60 bits per heavy atom. The van der Waals surface area contributed by atoms with Crippen LogP contribution in [0.3, 0.4) is 0 Å². The van der Waals surface area contributed by atoms with Crippen molar-refractivity contribution in [2.24, 2.45) is 0 Å². The molecule has 0 fully saturated rings. The number of amides is 1. The molecule has 7 heteroatoms. The van der Waals surface area contributed by atoms with Gasteiger partial charge in [0.1, 0.15) is 11.5 Å². The van der Waals surface area contributed by atoms with Crippen LogP contribution in [-0.4, -0.2) is 28.6 Å². The SMILES string of the molecule is Cc1ccc(F)cc1NC(=O)COC(=O)c1[nH]c(C)c([C@H](C)O)c1C. The summed E-state index contributed by atoms with van der Waals surface area (Å²) in [5.74, 6) is -1.74. The van der Waals surface area contributed by atoms with Crippen molar-refractivity contribution < 1.29 is 23.8 Å². The topological polar surface area (TPSA) is 91.4 Å². The Kier molecular flexibility index (Phi) is 5.58. The lowest BCUT2D eigenvalue weighted by Crippen LogP contribution is -2.22. The monoisotopic (exact) mass is 348 g/mol. The molecule has 0 radical (unpaired) electrons. The average molecular weight is 348 g/mol. The number of H-pyrrole nitrogens is 1. The normalized spacial score (nSPS) is 11.9. The molecule has 2 rings (SSSR count). The molecule has 1 heterocycles. The Morgan fingerprint density at radius 2 is 2.00 bits per heavy atom. The van der Waals surface area contributed by atoms with Crippen molar-refractivity contribution in [3.05, 3.63) is 52.1 Å². The summed E-state index contributed by atoms with van der Waals surface area (Å²) < 4.78 is 18.2. The molecule has 134 valence electrons. The second-order valence-electron chi connectivity index (χ2n) is 5.92. The van der Waals surface area contributed by atoms with Gasteiger partial charge in [-0.2, -0.15) is 0 Å². The summed E-state index contributed by atoms with van der Waals surface area (Å²) in [6, 6.07) is 4.03. The Labute approximate surface area is 145 Å². The third-order valence-electron chi connectivity index (χ3n) is 3.93. The first-order valence-electron chi connectivity index (χ1n) is 7.81. The van der Waals surface area contributed by atoms with Crippen LogP contribution in [0.15, 0.2) is 18.2 Å². The average Bonchev–Trinajstić information content (AvgIpc) is 2.83. The molecule has 25 heavy (non-hydrogen) atoms. The number of benzene rings is 1. The van der Waals surface area contributed by atoms with E-state index in [9.17, 15) is 19.1 Å². The van der Waals surface area contributed by atoms with Gasteiger partial charge in [0.05, 0.1) is 6.10 Å². The predicted molar refractivity (Wildman–Crippen MR) is 90.9 cm³/mol. The summed E-state index contributed by atoms with van der Waals surface area (Å²) in [5.41, 5.74) is 3.09. The van der Waals surface area contributed by atoms with E-state index in [0.29, 0.717) is 28.1 Å². The molecule has 1 aromatic heterocycles. The van der Waals surface area contributed by atoms with Crippen LogP contribution in [-0.2, 0) is 9.53 Å². The lowest BCUT2D eigenvalue weighted by Gasteiger charge is -2.09. The molecular formula is C18H21FN2O4. The van der Waals surface area contributed by atoms with Gasteiger partial charge in [0.25, 0.3) is 5.91 Å². The van der Waals surface area contributed by atoms with E-state index in [2.05, 4.69) is 10.3 Å². The Hall–Kier alpha value is -2.67. The number of esters is 1. The number of hydrogen-bond donors (Lipinski definition) is 3. The molecule has 0 saturated carbocycles. The van der Waals surface area contributed by atoms with Gasteiger partial charge in [-0.3, -0.25) is 4.79 Å². The number of ether oxygens (including phenoxy) is 1. The molecule has 2 aromatic rings. The Morgan fingerprint density at radius 1 is 1.32 bits per heavy atom. The summed E-state index contributed by atoms with van der Waals surface area (Å²) in [6.45, 7) is 6.26. The number of aliphatic hydroxyl groups is 1. The van der Waals surface area contributed by atoms with Crippen LogP contribution in [0.5, 0.6) is 0 Å². The minimum absolute atomic E-state index is 0.197. The standard InChI is InChI=1S/C18H21FN2O4/c1-9-5-6-13(19)7-14(9)21-15(23)8-25-18(24)17-10(2)16(12(4)22)11(3)20-17/h5-7,12,20,22H,8H2,1-4H3,(H,21,23)/t12-/m0/s1. The number of rotatable bonds is 5. The maximum Gasteiger partial charge on any atom is 0.355 e. The number of aromatic amines is 1. The van der Waals surface area contributed by atoms with Crippen molar-refractivity contribution in [3.63, 3.8) is 0 Å². The van der Waals surface area contributed by atoms with Crippen molar-refractivity contribution in [1.82, 2.24) is 4.98 Å². The fraction of sp³-hybridized carbons (Fsp3) is 0.333. The highest BCUT2D eigenvalue weighted by Gasteiger charge is 2.21. The first-order valence-corrected chi connectivity index (χ1v) is 7.81. The molecule has 0 unspecified atom stereocenters. The molecule has 1 aromatic carbocycles. The van der Waals surface area contributed by atoms with Crippen LogP contribution in [0.1, 0.15) is 45.9 Å². The molecule has 1 atom stereocenters. The maximum atomic E-state index is 13.2. The van der Waals surface area contributed by atoms with Crippen LogP contribution in [0.2, 0.25) is 0 Å². The fourth-order valence-electron chi connectivity index (χ4n) is 2.71. The van der Waals surface area contributed by atoms with E-state index in [0.717, 1.165) is 0 Å². The van der Waals surface area contributed by atoms with Crippen molar-refractivity contribution in [1.29, 1.82) is 0 Å². The number of aliphatic hydroxyl groups excluding tert-OH is 1. The summed E-state index contributed by atoms with van der Waals surface area (Å²) in [7, 11) is 0. The van der Waals surface area contributed by atoms with Crippen molar-refractivity contribution >= 4 is 17.6 Å². The van der Waals surface area contributed by atoms with Gasteiger partial charge < -0.3 is 20.1 Å². The van der Waals surface area contributed by atoms with Crippen molar-refractivity contribution in [2.75, 3.05) is 11.9 Å². The van der Waals surface area contributed by atoms with Crippen LogP contribution in [0.4, 0.5) is 10.1 Å². The number of halogens is 1. The minimum atomic E-state index is -0.725. The maximum absolute atomic E-state index is 13.2. The van der Waals surface area contributed by atoms with Gasteiger partial charge >= 0.3 is 5.97 Å². The van der Waals surface area contributed by atoms with E-state index in [-0.39, 0.29) is 5.69 Å². The summed E-state index contributed by atoms with van der Waals surface area (Å²) in [5, 5.41) is 12.2. The Bertz CT molecular complexity index is 812. The van der Waals surface area contributed by atoms with Crippen LogP contribution in [0, 0.1) is 26.6 Å². The number of aromatic nitrogens is 1. The van der Waals surface area contributed by atoms with Gasteiger partial charge in [-0.15, -0.1) is 0 Å². The van der Waals surface area contributed by atoms with E-state index < -0.39 is 30.4 Å². The highest BCUT2D eigenvalue weighted by Crippen LogP contribution is 2.24. The van der Waals surface area contributed by atoms with Crippen molar-refractivity contribution in [2.45, 2.75) is 33.8 Å². The third-order valence-corrected chi connectivity index (χ3v) is 3.93. The largest absolute Gasteiger partial charge is 0.451 e. The molecule has 0 aliphatic rings. The first kappa shape index (κ1) is 18.7. The van der Waals surface area contributed by atoms with E-state index in [1.807, 2.05) is 0 Å². The molecule has 3 N–H and O–H groups in total. The lowest BCUT2D eigenvalue weighted by molar-refractivity contribution is -0.119. The summed E-state index contributed by atoms with van der Waals surface area (Å²) >= 11 is 0. The highest BCUT2D eigenvalue weighted by molar-refractivity contribution is 5.96. The Balaban J connectivity index is 2.01. The van der Waals surface area contributed by atoms with E-state index in [1.165, 1.54) is 12.1 Å². The first-order chi connectivity index (χ1) is 11.7. The second kappa shape index (κ2) is 7.48. The van der Waals surface area contributed by atoms with Gasteiger partial charge in [-0.1, -0.05) is 6.07 Å². The van der Waals surface area contributed by atoms with Gasteiger partial charge in [0.2, 0.25) is 0 Å². The second-order valence-corrected chi connectivity index (χ2v) is 5.92. The van der Waals surface area contributed by atoms with Gasteiger partial charge in [0, 0.05) is 16.9 Å². The zero-order valence-electron chi connectivity index (χ0n) is 14.6.